The van der Waals surface area contributed by atoms with Crippen LogP contribution in [0.1, 0.15) is 29.1 Å². The van der Waals surface area contributed by atoms with E-state index >= 15 is 0 Å². The normalized spacial score (nSPS) is 12.5. The van der Waals surface area contributed by atoms with Gasteiger partial charge in [0.1, 0.15) is 0 Å². The number of hydrogen-bond acceptors (Lipinski definition) is 3. The molecule has 90 valence electrons. The predicted molar refractivity (Wildman–Crippen MR) is 77.8 cm³/mol. The summed E-state index contributed by atoms with van der Waals surface area (Å²) in [5.74, 6) is 0. The number of nitrogens with zero attached hydrogens (tertiary/aromatic N) is 1. The van der Waals surface area contributed by atoms with Crippen molar-refractivity contribution in [2.75, 3.05) is 5.32 Å². The number of halogens is 1. The zero-order valence-corrected chi connectivity index (χ0v) is 12.5. The largest absolute Gasteiger partial charge is 0.377 e. The molecule has 0 fully saturated rings. The lowest BCUT2D eigenvalue weighted by Crippen LogP contribution is -2.07. The van der Waals surface area contributed by atoms with Crippen molar-refractivity contribution < 1.29 is 0 Å². The van der Waals surface area contributed by atoms with Crippen molar-refractivity contribution in [3.8, 4) is 0 Å². The first-order valence-electron chi connectivity index (χ1n) is 5.50. The molecule has 1 N–H and O–H groups in total. The van der Waals surface area contributed by atoms with E-state index in [1.165, 1.54) is 10.4 Å². The molecular weight excluding hydrogens is 296 g/mol. The molecule has 0 aliphatic heterocycles. The van der Waals surface area contributed by atoms with E-state index < -0.39 is 0 Å². The average molecular weight is 311 g/mol. The van der Waals surface area contributed by atoms with E-state index in [0.29, 0.717) is 0 Å². The Morgan fingerprint density at radius 3 is 2.76 bits per heavy atom. The molecule has 0 aliphatic rings. The lowest BCUT2D eigenvalue weighted by Gasteiger charge is -2.16. The molecule has 1 atom stereocenters. The second kappa shape index (κ2) is 5.19. The van der Waals surface area contributed by atoms with Gasteiger partial charge in [-0.15, -0.1) is 11.3 Å². The van der Waals surface area contributed by atoms with Gasteiger partial charge in [0.05, 0.1) is 17.2 Å². The van der Waals surface area contributed by atoms with Crippen molar-refractivity contribution in [2.24, 2.45) is 0 Å². The van der Waals surface area contributed by atoms with Crippen molar-refractivity contribution in [1.82, 2.24) is 4.98 Å². The van der Waals surface area contributed by atoms with Crippen LogP contribution in [0.5, 0.6) is 0 Å². The summed E-state index contributed by atoms with van der Waals surface area (Å²) < 4.78 is 1.09. The van der Waals surface area contributed by atoms with Crippen LogP contribution in [-0.4, -0.2) is 4.98 Å². The molecular formula is C13H15BrN2S. The molecule has 17 heavy (non-hydrogen) atoms. The average Bonchev–Trinajstić information content (AvgIpc) is 2.70. The molecule has 1 heterocycles. The van der Waals surface area contributed by atoms with Gasteiger partial charge < -0.3 is 5.32 Å². The molecule has 0 bridgehead atoms. The summed E-state index contributed by atoms with van der Waals surface area (Å²) in [7, 11) is 0. The molecule has 0 radical (unpaired) electrons. The van der Waals surface area contributed by atoms with Gasteiger partial charge in [-0.1, -0.05) is 6.07 Å². The van der Waals surface area contributed by atoms with Gasteiger partial charge in [-0.3, -0.25) is 0 Å². The Morgan fingerprint density at radius 1 is 1.35 bits per heavy atom. The molecule has 2 nitrogen and oxygen atoms in total. The summed E-state index contributed by atoms with van der Waals surface area (Å²) in [4.78, 5) is 5.58. The molecule has 1 unspecified atom stereocenters. The Balaban J connectivity index is 2.21. The number of rotatable bonds is 3. The van der Waals surface area contributed by atoms with Crippen LogP contribution in [-0.2, 0) is 0 Å². The van der Waals surface area contributed by atoms with E-state index in [2.05, 4.69) is 65.2 Å². The number of aryl methyl sites for hydroxylation is 2. The van der Waals surface area contributed by atoms with Crippen LogP contribution in [0.2, 0.25) is 0 Å². The minimum absolute atomic E-state index is 0.278. The second-order valence-electron chi connectivity index (χ2n) is 4.15. The lowest BCUT2D eigenvalue weighted by molar-refractivity contribution is 0.889. The van der Waals surface area contributed by atoms with Gasteiger partial charge in [0, 0.05) is 15.0 Å². The fourth-order valence-electron chi connectivity index (χ4n) is 1.78. The minimum Gasteiger partial charge on any atom is -0.377 e. The van der Waals surface area contributed by atoms with E-state index in [0.717, 1.165) is 15.9 Å². The zero-order chi connectivity index (χ0) is 12.4. The highest BCUT2D eigenvalue weighted by Gasteiger charge is 2.12. The molecule has 1 aromatic carbocycles. The molecule has 0 spiro atoms. The summed E-state index contributed by atoms with van der Waals surface area (Å²) in [6.07, 6.45) is 0. The van der Waals surface area contributed by atoms with E-state index in [1.807, 2.05) is 5.51 Å². The van der Waals surface area contributed by atoms with Crippen LogP contribution in [0.25, 0.3) is 0 Å². The standard InChI is InChI=1S/C13H15BrN2S/c1-8-4-5-11(14)12(6-8)16-10(3)13-9(2)15-7-17-13/h4-7,10,16H,1-3H3. The van der Waals surface area contributed by atoms with Crippen LogP contribution in [0, 0.1) is 13.8 Å². The predicted octanol–water partition coefficient (Wildman–Crippen LogP) is 4.70. The minimum atomic E-state index is 0.278. The molecule has 0 saturated heterocycles. The van der Waals surface area contributed by atoms with E-state index in [1.54, 1.807) is 11.3 Å². The van der Waals surface area contributed by atoms with E-state index in [9.17, 15) is 0 Å². The topological polar surface area (TPSA) is 24.9 Å². The second-order valence-corrected chi connectivity index (χ2v) is 5.89. The monoisotopic (exact) mass is 310 g/mol. The Labute approximate surface area is 114 Å². The summed E-state index contributed by atoms with van der Waals surface area (Å²) in [6.45, 7) is 6.31. The highest BCUT2D eigenvalue weighted by molar-refractivity contribution is 9.10. The number of aromatic nitrogens is 1. The Kier molecular flexibility index (Phi) is 3.84. The van der Waals surface area contributed by atoms with Crippen molar-refractivity contribution in [1.29, 1.82) is 0 Å². The number of anilines is 1. The Morgan fingerprint density at radius 2 is 2.12 bits per heavy atom. The van der Waals surface area contributed by atoms with Crippen LogP contribution in [0.15, 0.2) is 28.2 Å². The number of thiazole rings is 1. The Bertz CT molecular complexity index is 522. The molecule has 0 aliphatic carbocycles. The summed E-state index contributed by atoms with van der Waals surface area (Å²) in [5.41, 5.74) is 5.39. The van der Waals surface area contributed by atoms with Crippen LogP contribution in [0.4, 0.5) is 5.69 Å². The van der Waals surface area contributed by atoms with Crippen LogP contribution >= 0.6 is 27.3 Å². The molecule has 1 aromatic heterocycles. The van der Waals surface area contributed by atoms with Crippen molar-refractivity contribution >= 4 is 33.0 Å². The van der Waals surface area contributed by atoms with Crippen LogP contribution < -0.4 is 5.32 Å². The van der Waals surface area contributed by atoms with Crippen LogP contribution in [0.3, 0.4) is 0 Å². The molecule has 2 rings (SSSR count). The van der Waals surface area contributed by atoms with Gasteiger partial charge >= 0.3 is 0 Å². The smallest absolute Gasteiger partial charge is 0.0798 e. The molecule has 4 heteroatoms. The van der Waals surface area contributed by atoms with Gasteiger partial charge in [-0.05, 0) is 54.4 Å². The fourth-order valence-corrected chi connectivity index (χ4v) is 2.95. The lowest BCUT2D eigenvalue weighted by atomic mass is 10.2. The molecule has 2 aromatic rings. The number of nitrogens with one attached hydrogen (secondary N) is 1. The summed E-state index contributed by atoms with van der Waals surface area (Å²) in [6, 6.07) is 6.60. The molecule has 0 amide bonds. The Hall–Kier alpha value is -0.870. The highest BCUT2D eigenvalue weighted by Crippen LogP contribution is 2.29. The van der Waals surface area contributed by atoms with Gasteiger partial charge in [0.25, 0.3) is 0 Å². The van der Waals surface area contributed by atoms with E-state index in [4.69, 9.17) is 0 Å². The van der Waals surface area contributed by atoms with Gasteiger partial charge in [0.15, 0.2) is 0 Å². The fraction of sp³-hybridized carbons (Fsp3) is 0.308. The first-order chi connectivity index (χ1) is 8.08. The zero-order valence-electron chi connectivity index (χ0n) is 10.1. The number of benzene rings is 1. The van der Waals surface area contributed by atoms with Gasteiger partial charge in [-0.25, -0.2) is 4.98 Å². The van der Waals surface area contributed by atoms with E-state index in [-0.39, 0.29) is 6.04 Å². The van der Waals surface area contributed by atoms with Crippen molar-refractivity contribution in [2.45, 2.75) is 26.8 Å². The summed E-state index contributed by atoms with van der Waals surface area (Å²) in [5, 5.41) is 3.52. The maximum Gasteiger partial charge on any atom is 0.0798 e. The maximum absolute atomic E-state index is 4.29. The first-order valence-corrected chi connectivity index (χ1v) is 7.18. The third kappa shape index (κ3) is 2.87. The van der Waals surface area contributed by atoms with Gasteiger partial charge in [-0.2, -0.15) is 0 Å². The highest BCUT2D eigenvalue weighted by atomic mass is 79.9. The maximum atomic E-state index is 4.29. The SMILES string of the molecule is Cc1ccc(Br)c(NC(C)c2scnc2C)c1. The molecule has 0 saturated carbocycles. The van der Waals surface area contributed by atoms with Crippen molar-refractivity contribution in [3.63, 3.8) is 0 Å². The van der Waals surface area contributed by atoms with Crippen molar-refractivity contribution in [3.05, 3.63) is 44.3 Å². The summed E-state index contributed by atoms with van der Waals surface area (Å²) >= 11 is 5.26. The third-order valence-electron chi connectivity index (χ3n) is 2.67. The van der Waals surface area contributed by atoms with Gasteiger partial charge in [0.2, 0.25) is 0 Å². The first kappa shape index (κ1) is 12.6. The quantitative estimate of drug-likeness (QED) is 0.889. The third-order valence-corrected chi connectivity index (χ3v) is 4.47. The number of hydrogen-bond donors (Lipinski definition) is 1.